The molecule has 0 radical (unpaired) electrons. The summed E-state index contributed by atoms with van der Waals surface area (Å²) in [6, 6.07) is 12.2. The SMILES string of the molecule is CCc1cccc(NC(=O)Cn2c(-c3nc(C)no3)cccc2=O)c1. The van der Waals surface area contributed by atoms with E-state index in [-0.39, 0.29) is 23.9 Å². The molecule has 0 unspecified atom stereocenters. The average Bonchev–Trinajstić information content (AvgIpc) is 3.03. The summed E-state index contributed by atoms with van der Waals surface area (Å²) in [5.41, 5.74) is 1.91. The van der Waals surface area contributed by atoms with Gasteiger partial charge >= 0.3 is 0 Å². The molecule has 25 heavy (non-hydrogen) atoms. The van der Waals surface area contributed by atoms with E-state index in [0.717, 1.165) is 12.0 Å². The number of rotatable bonds is 5. The Morgan fingerprint density at radius 2 is 2.04 bits per heavy atom. The van der Waals surface area contributed by atoms with Crippen LogP contribution in [-0.2, 0) is 17.8 Å². The van der Waals surface area contributed by atoms with Crippen LogP contribution in [0.15, 0.2) is 51.8 Å². The molecule has 0 fully saturated rings. The van der Waals surface area contributed by atoms with E-state index in [1.807, 2.05) is 31.2 Å². The van der Waals surface area contributed by atoms with Crippen molar-refractivity contribution in [2.24, 2.45) is 0 Å². The Morgan fingerprint density at radius 3 is 2.76 bits per heavy atom. The third-order valence-corrected chi connectivity index (χ3v) is 3.72. The van der Waals surface area contributed by atoms with E-state index in [1.54, 1.807) is 19.1 Å². The number of hydrogen-bond acceptors (Lipinski definition) is 5. The van der Waals surface area contributed by atoms with E-state index in [2.05, 4.69) is 15.5 Å². The molecule has 2 aromatic heterocycles. The summed E-state index contributed by atoms with van der Waals surface area (Å²) in [6.07, 6.45) is 0.877. The van der Waals surface area contributed by atoms with E-state index in [0.29, 0.717) is 17.2 Å². The molecule has 0 aliphatic rings. The van der Waals surface area contributed by atoms with Gasteiger partial charge in [-0.1, -0.05) is 30.3 Å². The van der Waals surface area contributed by atoms with Crippen molar-refractivity contribution in [3.05, 3.63) is 64.2 Å². The van der Waals surface area contributed by atoms with Gasteiger partial charge in [0, 0.05) is 11.8 Å². The number of anilines is 1. The van der Waals surface area contributed by atoms with Gasteiger partial charge < -0.3 is 9.84 Å². The van der Waals surface area contributed by atoms with Crippen molar-refractivity contribution in [3.8, 4) is 11.6 Å². The highest BCUT2D eigenvalue weighted by molar-refractivity contribution is 5.90. The van der Waals surface area contributed by atoms with Crippen LogP contribution in [0, 0.1) is 6.92 Å². The van der Waals surface area contributed by atoms with Crippen LogP contribution in [0.1, 0.15) is 18.3 Å². The molecule has 0 bridgehead atoms. The first-order valence-electron chi connectivity index (χ1n) is 7.96. The first-order valence-corrected chi connectivity index (χ1v) is 7.96. The van der Waals surface area contributed by atoms with Crippen molar-refractivity contribution in [1.29, 1.82) is 0 Å². The Labute approximate surface area is 144 Å². The summed E-state index contributed by atoms with van der Waals surface area (Å²) in [5.74, 6) is 0.355. The zero-order valence-corrected chi connectivity index (χ0v) is 14.0. The van der Waals surface area contributed by atoms with Crippen LogP contribution >= 0.6 is 0 Å². The van der Waals surface area contributed by atoms with Crippen LogP contribution in [0.4, 0.5) is 5.69 Å². The van der Waals surface area contributed by atoms with Gasteiger partial charge in [0.05, 0.1) is 0 Å². The molecule has 0 aliphatic carbocycles. The van der Waals surface area contributed by atoms with Gasteiger partial charge in [-0.15, -0.1) is 0 Å². The molecule has 1 N–H and O–H groups in total. The first kappa shape index (κ1) is 16.6. The maximum absolute atomic E-state index is 12.4. The summed E-state index contributed by atoms with van der Waals surface area (Å²) >= 11 is 0. The quantitative estimate of drug-likeness (QED) is 0.771. The number of nitrogens with zero attached hydrogens (tertiary/aromatic N) is 3. The topological polar surface area (TPSA) is 90.0 Å². The first-order chi connectivity index (χ1) is 12.1. The van der Waals surface area contributed by atoms with Crippen LogP contribution in [0.5, 0.6) is 0 Å². The van der Waals surface area contributed by atoms with E-state index in [9.17, 15) is 9.59 Å². The number of carbonyl (C=O) groups is 1. The van der Waals surface area contributed by atoms with Crippen molar-refractivity contribution in [1.82, 2.24) is 14.7 Å². The van der Waals surface area contributed by atoms with E-state index < -0.39 is 0 Å². The molecule has 0 aliphatic heterocycles. The molecule has 0 saturated heterocycles. The van der Waals surface area contributed by atoms with Crippen molar-refractivity contribution in [3.63, 3.8) is 0 Å². The Hall–Kier alpha value is -3.22. The molecule has 128 valence electrons. The average molecular weight is 338 g/mol. The van der Waals surface area contributed by atoms with Crippen molar-refractivity contribution < 1.29 is 9.32 Å². The number of aromatic nitrogens is 3. The fourth-order valence-corrected chi connectivity index (χ4v) is 2.48. The third kappa shape index (κ3) is 3.82. The minimum Gasteiger partial charge on any atom is -0.332 e. The van der Waals surface area contributed by atoms with Crippen LogP contribution in [0.25, 0.3) is 11.6 Å². The van der Waals surface area contributed by atoms with Gasteiger partial charge in [-0.2, -0.15) is 4.98 Å². The van der Waals surface area contributed by atoms with Crippen LogP contribution in [0.3, 0.4) is 0 Å². The van der Waals surface area contributed by atoms with Gasteiger partial charge in [0.15, 0.2) is 5.82 Å². The molecule has 0 atom stereocenters. The lowest BCUT2D eigenvalue weighted by molar-refractivity contribution is -0.116. The van der Waals surface area contributed by atoms with Crippen LogP contribution in [-0.4, -0.2) is 20.6 Å². The van der Waals surface area contributed by atoms with Gasteiger partial charge in [0.1, 0.15) is 12.2 Å². The minimum absolute atomic E-state index is 0.146. The van der Waals surface area contributed by atoms with Gasteiger partial charge in [-0.25, -0.2) is 0 Å². The molecule has 1 amide bonds. The number of benzene rings is 1. The predicted octanol–water partition coefficient (Wildman–Crippen LogP) is 2.41. The second-order valence-corrected chi connectivity index (χ2v) is 5.58. The Balaban J connectivity index is 1.85. The molecular formula is C18H18N4O3. The Morgan fingerprint density at radius 1 is 1.24 bits per heavy atom. The standard InChI is InChI=1S/C18H18N4O3/c1-3-13-6-4-7-14(10-13)20-16(23)11-22-15(8-5-9-17(22)24)18-19-12(2)21-25-18/h4-10H,3,11H2,1-2H3,(H,20,23). The monoisotopic (exact) mass is 338 g/mol. The third-order valence-electron chi connectivity index (χ3n) is 3.72. The van der Waals surface area contributed by atoms with Gasteiger partial charge in [-0.05, 0) is 37.1 Å². The highest BCUT2D eigenvalue weighted by Gasteiger charge is 2.15. The summed E-state index contributed by atoms with van der Waals surface area (Å²) in [7, 11) is 0. The summed E-state index contributed by atoms with van der Waals surface area (Å²) in [4.78, 5) is 28.7. The molecule has 3 rings (SSSR count). The molecule has 0 spiro atoms. The normalized spacial score (nSPS) is 10.6. The van der Waals surface area contributed by atoms with E-state index in [1.165, 1.54) is 10.6 Å². The van der Waals surface area contributed by atoms with Crippen LogP contribution in [0.2, 0.25) is 0 Å². The van der Waals surface area contributed by atoms with Crippen LogP contribution < -0.4 is 10.9 Å². The number of amides is 1. The molecule has 7 heteroatoms. The van der Waals surface area contributed by atoms with Gasteiger partial charge in [-0.3, -0.25) is 14.2 Å². The fraction of sp³-hybridized carbons (Fsp3) is 0.222. The molecule has 0 saturated carbocycles. The number of aryl methyl sites for hydroxylation is 2. The zero-order valence-electron chi connectivity index (χ0n) is 14.0. The number of carbonyl (C=O) groups excluding carboxylic acids is 1. The lowest BCUT2D eigenvalue weighted by atomic mass is 10.1. The largest absolute Gasteiger partial charge is 0.332 e. The number of nitrogens with one attached hydrogen (secondary N) is 1. The van der Waals surface area contributed by atoms with Gasteiger partial charge in [0.25, 0.3) is 11.4 Å². The lowest BCUT2D eigenvalue weighted by Gasteiger charge is -2.11. The lowest BCUT2D eigenvalue weighted by Crippen LogP contribution is -2.28. The van der Waals surface area contributed by atoms with E-state index >= 15 is 0 Å². The maximum Gasteiger partial charge on any atom is 0.274 e. The van der Waals surface area contributed by atoms with Gasteiger partial charge in [0.2, 0.25) is 5.91 Å². The maximum atomic E-state index is 12.4. The fourth-order valence-electron chi connectivity index (χ4n) is 2.48. The zero-order chi connectivity index (χ0) is 17.8. The highest BCUT2D eigenvalue weighted by Crippen LogP contribution is 2.16. The van der Waals surface area contributed by atoms with Crippen molar-refractivity contribution >= 4 is 11.6 Å². The number of hydrogen-bond donors (Lipinski definition) is 1. The second-order valence-electron chi connectivity index (χ2n) is 5.58. The molecule has 2 heterocycles. The highest BCUT2D eigenvalue weighted by atomic mass is 16.5. The molecular weight excluding hydrogens is 320 g/mol. The molecule has 7 nitrogen and oxygen atoms in total. The van der Waals surface area contributed by atoms with E-state index in [4.69, 9.17) is 4.52 Å². The Kier molecular flexibility index (Phi) is 4.74. The molecule has 3 aromatic rings. The number of pyridine rings is 1. The minimum atomic E-state index is -0.314. The summed E-state index contributed by atoms with van der Waals surface area (Å²) in [5, 5.41) is 6.54. The molecule has 1 aromatic carbocycles. The van der Waals surface area contributed by atoms with Crippen molar-refractivity contribution in [2.45, 2.75) is 26.8 Å². The summed E-state index contributed by atoms with van der Waals surface area (Å²) in [6.45, 7) is 3.59. The second kappa shape index (κ2) is 7.12. The Bertz CT molecular complexity index is 959. The predicted molar refractivity (Wildman–Crippen MR) is 93.2 cm³/mol. The summed E-state index contributed by atoms with van der Waals surface area (Å²) < 4.78 is 6.44. The smallest absolute Gasteiger partial charge is 0.274 e. The van der Waals surface area contributed by atoms with Crippen molar-refractivity contribution in [2.75, 3.05) is 5.32 Å².